The number of likely N-dealkylation sites (N-methyl/N-ethyl adjacent to an activating group) is 1. The molecule has 1 unspecified atom stereocenters. The van der Waals surface area contributed by atoms with Crippen molar-refractivity contribution >= 4 is 41.4 Å². The Hall–Kier alpha value is -7.01. The van der Waals surface area contributed by atoms with E-state index in [1.807, 2.05) is 90.9 Å². The van der Waals surface area contributed by atoms with Crippen molar-refractivity contribution in [1.29, 1.82) is 0 Å². The number of aryl methyl sites for hydroxylation is 1. The van der Waals surface area contributed by atoms with E-state index in [4.69, 9.17) is 0 Å². The number of amides is 7. The predicted molar refractivity (Wildman–Crippen MR) is 299 cm³/mol. The summed E-state index contributed by atoms with van der Waals surface area (Å²) >= 11 is 0. The highest BCUT2D eigenvalue weighted by atomic mass is 19.2. The highest BCUT2D eigenvalue weighted by Crippen LogP contribution is 2.35. The molecule has 0 aromatic heterocycles. The van der Waals surface area contributed by atoms with E-state index >= 15 is 9.18 Å². The SMILES string of the molecule is CC[C@@H](C)C(=O)N[C@H](C(=O)N1Cc2ccccc2C[C@H]1C(=O)N(Cc1ccc(C(=O)NC2C[C@@H](C(=O)N[C@@H]3CCCc4ccccc43)N(C(=O)[C@@H](NC(=O)[C@H](C)NC)C(C)(C)C)C2)cc1)[C@H](C)c1cccc(F)c1F)C(C)(C)C. The van der Waals surface area contributed by atoms with E-state index in [1.165, 1.54) is 26.8 Å². The molecule has 1 aliphatic carbocycles. The Labute approximate surface area is 464 Å². The van der Waals surface area contributed by atoms with Gasteiger partial charge in [-0.25, -0.2) is 8.78 Å². The van der Waals surface area contributed by atoms with Crippen LogP contribution in [-0.2, 0) is 54.7 Å². The number of fused-ring (bicyclic) bond motifs is 2. The van der Waals surface area contributed by atoms with Crippen LogP contribution in [0.15, 0.2) is 91.0 Å². The van der Waals surface area contributed by atoms with Crippen LogP contribution in [0.1, 0.15) is 151 Å². The summed E-state index contributed by atoms with van der Waals surface area (Å²) in [5, 5.41) is 15.1. The third-order valence-corrected chi connectivity index (χ3v) is 16.2. The second-order valence-electron chi connectivity index (χ2n) is 23.9. The van der Waals surface area contributed by atoms with E-state index in [2.05, 4.69) is 32.7 Å². The predicted octanol–water partition coefficient (Wildman–Crippen LogP) is 7.62. The van der Waals surface area contributed by atoms with Crippen molar-refractivity contribution < 1.29 is 42.3 Å². The normalized spacial score (nSPS) is 20.1. The molecule has 1 fully saturated rings. The van der Waals surface area contributed by atoms with Crippen LogP contribution in [-0.4, -0.2) is 106 Å². The van der Waals surface area contributed by atoms with Crippen molar-refractivity contribution in [2.75, 3.05) is 13.6 Å². The first-order valence-electron chi connectivity index (χ1n) is 27.8. The second-order valence-corrected chi connectivity index (χ2v) is 23.9. The summed E-state index contributed by atoms with van der Waals surface area (Å²) in [6.07, 6.45) is 3.27. The molecule has 2 aliphatic heterocycles. The molecule has 2 heterocycles. The van der Waals surface area contributed by atoms with Crippen LogP contribution in [0.5, 0.6) is 0 Å². The van der Waals surface area contributed by atoms with Crippen molar-refractivity contribution in [2.24, 2.45) is 16.7 Å². The van der Waals surface area contributed by atoms with Gasteiger partial charge in [0.1, 0.15) is 24.2 Å². The molecule has 79 heavy (non-hydrogen) atoms. The van der Waals surface area contributed by atoms with Gasteiger partial charge in [0.05, 0.1) is 18.1 Å². The smallest absolute Gasteiger partial charge is 0.251 e. The summed E-state index contributed by atoms with van der Waals surface area (Å²) in [6, 6.07) is 19.1. The monoisotopic (exact) mass is 1090 g/mol. The van der Waals surface area contributed by atoms with Gasteiger partial charge in [0.2, 0.25) is 35.4 Å². The Kier molecular flexibility index (Phi) is 18.9. The van der Waals surface area contributed by atoms with Gasteiger partial charge in [-0.2, -0.15) is 0 Å². The number of benzene rings is 4. The molecule has 7 amide bonds. The van der Waals surface area contributed by atoms with Crippen molar-refractivity contribution in [3.05, 3.63) is 142 Å². The van der Waals surface area contributed by atoms with Gasteiger partial charge < -0.3 is 41.3 Å². The Balaban J connectivity index is 1.16. The zero-order chi connectivity index (χ0) is 57.7. The van der Waals surface area contributed by atoms with Gasteiger partial charge in [0.15, 0.2) is 11.6 Å². The fourth-order valence-electron chi connectivity index (χ4n) is 10.9. The largest absolute Gasteiger partial charge is 0.347 e. The van der Waals surface area contributed by atoms with E-state index in [0.29, 0.717) is 12.0 Å². The minimum absolute atomic E-state index is 0.0104. The lowest BCUT2D eigenvalue weighted by atomic mass is 9.83. The molecule has 4 aromatic rings. The molecule has 1 saturated heterocycles. The Morgan fingerprint density at radius 3 is 1.95 bits per heavy atom. The van der Waals surface area contributed by atoms with E-state index in [1.54, 1.807) is 52.1 Å². The second kappa shape index (κ2) is 25.0. The number of likely N-dealkylation sites (tertiary alicyclic amines) is 1. The van der Waals surface area contributed by atoms with Crippen molar-refractivity contribution in [1.82, 2.24) is 41.3 Å². The highest BCUT2D eigenvalue weighted by molar-refractivity contribution is 5.97. The van der Waals surface area contributed by atoms with E-state index in [9.17, 15) is 33.2 Å². The van der Waals surface area contributed by atoms with Crippen LogP contribution in [0.2, 0.25) is 0 Å². The number of halogens is 2. The number of nitrogens with one attached hydrogen (secondary N) is 5. The summed E-state index contributed by atoms with van der Waals surface area (Å²) in [5.74, 6) is -5.51. The first-order chi connectivity index (χ1) is 37.3. The average Bonchev–Trinajstić information content (AvgIpc) is 3.86. The molecule has 424 valence electrons. The molecule has 0 radical (unpaired) electrons. The quantitative estimate of drug-likeness (QED) is 0.0714. The first-order valence-corrected chi connectivity index (χ1v) is 27.8. The summed E-state index contributed by atoms with van der Waals surface area (Å²) in [4.78, 5) is 105. The molecule has 0 saturated carbocycles. The van der Waals surface area contributed by atoms with Crippen LogP contribution in [0.4, 0.5) is 8.78 Å². The fourth-order valence-corrected chi connectivity index (χ4v) is 10.9. The number of carbonyl (C=O) groups excluding carboxylic acids is 7. The summed E-state index contributed by atoms with van der Waals surface area (Å²) < 4.78 is 30.7. The molecule has 5 N–H and O–H groups in total. The maximum atomic E-state index is 15.8. The lowest BCUT2D eigenvalue weighted by Crippen LogP contribution is -2.61. The number of hydrogen-bond donors (Lipinski definition) is 5. The van der Waals surface area contributed by atoms with Gasteiger partial charge in [-0.1, -0.05) is 128 Å². The van der Waals surface area contributed by atoms with Gasteiger partial charge in [-0.15, -0.1) is 0 Å². The Bertz CT molecular complexity index is 2900. The van der Waals surface area contributed by atoms with Crippen LogP contribution in [0, 0.1) is 28.4 Å². The standard InChI is InChI=1S/C62H80F2N8O7/c1-12-36(2)54(73)68-52(61(5,6)7)59(78)71-34-43-21-14-13-20-42(43)31-50(71)58(77)70(38(4)45-24-18-25-47(63)51(45)64)33-39-27-29-41(30-28-39)56(75)66-44-32-49(57(76)67-48-26-17-22-40-19-15-16-23-46(40)48)72(35-44)60(79)53(62(8,9)10)69-55(74)37(3)65-11/h13-16,18-21,23-25,27-30,36-38,44,48-50,52-53,65H,12,17,22,26,31-35H2,1-11H3,(H,66,75)(H,67,76)(H,68,73)(H,69,74)/t36-,37+,38-,44?,48-,49+,50+,52-,53-/m1/s1. The van der Waals surface area contributed by atoms with Crippen molar-refractivity contribution in [2.45, 2.75) is 169 Å². The fraction of sp³-hybridized carbons (Fsp3) is 0.500. The molecule has 0 spiro atoms. The van der Waals surface area contributed by atoms with Crippen LogP contribution >= 0.6 is 0 Å². The van der Waals surface area contributed by atoms with Gasteiger partial charge in [0, 0.05) is 49.1 Å². The van der Waals surface area contributed by atoms with E-state index in [0.717, 1.165) is 47.6 Å². The average molecular weight is 1090 g/mol. The minimum atomic E-state index is -1.12. The third kappa shape index (κ3) is 13.7. The third-order valence-electron chi connectivity index (χ3n) is 16.2. The Morgan fingerprint density at radius 1 is 0.709 bits per heavy atom. The molecule has 17 heteroatoms. The zero-order valence-corrected chi connectivity index (χ0v) is 47.7. The van der Waals surface area contributed by atoms with Crippen LogP contribution < -0.4 is 26.6 Å². The Morgan fingerprint density at radius 2 is 1.32 bits per heavy atom. The molecule has 4 aromatic carbocycles. The molecular weight excluding hydrogens is 1010 g/mol. The first kappa shape index (κ1) is 59.6. The van der Waals surface area contributed by atoms with Crippen molar-refractivity contribution in [3.8, 4) is 0 Å². The molecule has 9 atom stereocenters. The number of rotatable bonds is 17. The molecule has 7 rings (SSSR count). The number of carbonyl (C=O) groups is 7. The highest BCUT2D eigenvalue weighted by Gasteiger charge is 2.47. The molecular formula is C62H80F2N8O7. The maximum absolute atomic E-state index is 15.8. The van der Waals surface area contributed by atoms with Crippen molar-refractivity contribution in [3.63, 3.8) is 0 Å². The van der Waals surface area contributed by atoms with Crippen LogP contribution in [0.25, 0.3) is 0 Å². The van der Waals surface area contributed by atoms with Crippen LogP contribution in [0.3, 0.4) is 0 Å². The summed E-state index contributed by atoms with van der Waals surface area (Å²) in [7, 11) is 1.65. The molecule has 3 aliphatic rings. The van der Waals surface area contributed by atoms with Gasteiger partial charge >= 0.3 is 0 Å². The lowest BCUT2D eigenvalue weighted by Gasteiger charge is -2.43. The molecule has 15 nitrogen and oxygen atoms in total. The van der Waals surface area contributed by atoms with E-state index in [-0.39, 0.29) is 73.3 Å². The van der Waals surface area contributed by atoms with Gasteiger partial charge in [0.25, 0.3) is 5.91 Å². The molecule has 0 bridgehead atoms. The topological polar surface area (TPSA) is 189 Å². The summed E-state index contributed by atoms with van der Waals surface area (Å²) in [6.45, 7) is 18.0. The van der Waals surface area contributed by atoms with E-state index < -0.39 is 88.4 Å². The number of nitrogens with zero attached hydrogens (tertiary/aromatic N) is 3. The maximum Gasteiger partial charge on any atom is 0.251 e. The van der Waals surface area contributed by atoms with Gasteiger partial charge in [-0.3, -0.25) is 33.6 Å². The lowest BCUT2D eigenvalue weighted by molar-refractivity contribution is -0.152. The van der Waals surface area contributed by atoms with Gasteiger partial charge in [-0.05, 0) is 110 Å². The number of hydrogen-bond acceptors (Lipinski definition) is 8. The summed E-state index contributed by atoms with van der Waals surface area (Å²) in [5.41, 5.74) is 3.06. The zero-order valence-electron chi connectivity index (χ0n) is 47.7. The minimum Gasteiger partial charge on any atom is -0.347 e.